The van der Waals surface area contributed by atoms with Crippen molar-refractivity contribution in [3.8, 4) is 11.5 Å². The van der Waals surface area contributed by atoms with Gasteiger partial charge in [-0.3, -0.25) is 0 Å². The lowest BCUT2D eigenvalue weighted by Crippen LogP contribution is -2.10. The molecule has 0 unspecified atom stereocenters. The fourth-order valence-corrected chi connectivity index (χ4v) is 1.25. The molecular formula is C8H11ClFNO5S. The summed E-state index contributed by atoms with van der Waals surface area (Å²) >= 11 is 0. The van der Waals surface area contributed by atoms with Crippen LogP contribution >= 0.6 is 12.4 Å². The summed E-state index contributed by atoms with van der Waals surface area (Å²) < 4.78 is 41.5. The summed E-state index contributed by atoms with van der Waals surface area (Å²) in [7, 11) is -4.99. The predicted molar refractivity (Wildman–Crippen MR) is 60.0 cm³/mol. The third kappa shape index (κ3) is 6.95. The molecule has 6 nitrogen and oxygen atoms in total. The Morgan fingerprint density at radius 3 is 2.12 bits per heavy atom. The third-order valence-electron chi connectivity index (χ3n) is 1.49. The lowest BCUT2D eigenvalue weighted by molar-refractivity contribution is 0.102. The van der Waals surface area contributed by atoms with Crippen molar-refractivity contribution in [3.05, 3.63) is 24.3 Å². The second kappa shape index (κ2) is 7.28. The first-order valence-corrected chi connectivity index (χ1v) is 5.51. The molecular weight excluding hydrogens is 277 g/mol. The molecule has 1 aromatic carbocycles. The Kier molecular flexibility index (Phi) is 6.81. The summed E-state index contributed by atoms with van der Waals surface area (Å²) in [4.78, 5) is 4.27. The maximum Gasteiger partial charge on any atom is 0.488 e. The molecule has 0 aliphatic heterocycles. The largest absolute Gasteiger partial charge is 0.491 e. The third-order valence-corrected chi connectivity index (χ3v) is 1.88. The van der Waals surface area contributed by atoms with E-state index < -0.39 is 10.5 Å². The van der Waals surface area contributed by atoms with E-state index in [0.29, 0.717) is 5.75 Å². The van der Waals surface area contributed by atoms with Crippen molar-refractivity contribution in [1.82, 2.24) is 0 Å². The quantitative estimate of drug-likeness (QED) is 0.476. The molecule has 0 heterocycles. The van der Waals surface area contributed by atoms with E-state index in [2.05, 4.69) is 9.02 Å². The Hall–Kier alpha value is -1.09. The minimum atomic E-state index is -4.99. The van der Waals surface area contributed by atoms with Crippen molar-refractivity contribution in [1.29, 1.82) is 0 Å². The van der Waals surface area contributed by atoms with Gasteiger partial charge < -0.3 is 13.8 Å². The molecule has 2 N–H and O–H groups in total. The Labute approximate surface area is 104 Å². The van der Waals surface area contributed by atoms with Crippen LogP contribution in [0.25, 0.3) is 0 Å². The number of hydrogen-bond acceptors (Lipinski definition) is 6. The van der Waals surface area contributed by atoms with Crippen LogP contribution in [0.1, 0.15) is 0 Å². The molecule has 1 aromatic rings. The minimum absolute atomic E-state index is 0. The van der Waals surface area contributed by atoms with E-state index in [1.807, 2.05) is 0 Å². The van der Waals surface area contributed by atoms with Crippen LogP contribution in [0.2, 0.25) is 0 Å². The Balaban J connectivity index is 0.00000256. The zero-order chi connectivity index (χ0) is 12.0. The summed E-state index contributed by atoms with van der Waals surface area (Å²) in [5, 5.41) is 0. The summed E-state index contributed by atoms with van der Waals surface area (Å²) in [6.45, 7) is 0.467. The van der Waals surface area contributed by atoms with E-state index in [1.165, 1.54) is 24.3 Å². The van der Waals surface area contributed by atoms with E-state index in [0.717, 1.165) is 0 Å². The highest BCUT2D eigenvalue weighted by atomic mass is 35.5. The van der Waals surface area contributed by atoms with E-state index in [-0.39, 0.29) is 31.4 Å². The van der Waals surface area contributed by atoms with Crippen molar-refractivity contribution < 1.29 is 26.1 Å². The molecule has 0 aromatic heterocycles. The first kappa shape index (κ1) is 15.9. The molecule has 0 fully saturated rings. The Bertz CT molecular complexity index is 424. The lowest BCUT2D eigenvalue weighted by Gasteiger charge is -2.05. The van der Waals surface area contributed by atoms with Gasteiger partial charge in [0.05, 0.1) is 0 Å². The maximum absolute atomic E-state index is 12.1. The number of halogens is 2. The van der Waals surface area contributed by atoms with Crippen molar-refractivity contribution in [2.45, 2.75) is 0 Å². The summed E-state index contributed by atoms with van der Waals surface area (Å²) in [5.74, 6) is 5.10. The van der Waals surface area contributed by atoms with Crippen LogP contribution in [0.5, 0.6) is 11.5 Å². The van der Waals surface area contributed by atoms with Crippen molar-refractivity contribution in [2.24, 2.45) is 5.90 Å². The molecule has 1 rings (SSSR count). The van der Waals surface area contributed by atoms with Gasteiger partial charge in [-0.15, -0.1) is 12.4 Å². The molecule has 0 amide bonds. The molecule has 0 radical (unpaired) electrons. The summed E-state index contributed by atoms with van der Waals surface area (Å²) in [6.07, 6.45) is 0. The van der Waals surface area contributed by atoms with Gasteiger partial charge in [0, 0.05) is 0 Å². The monoisotopic (exact) mass is 287 g/mol. The summed E-state index contributed by atoms with van der Waals surface area (Å²) in [5.41, 5.74) is 0. The van der Waals surface area contributed by atoms with Gasteiger partial charge in [0.25, 0.3) is 0 Å². The number of hydrogen-bond donors (Lipinski definition) is 1. The van der Waals surface area contributed by atoms with Crippen LogP contribution < -0.4 is 14.8 Å². The van der Waals surface area contributed by atoms with Crippen LogP contribution in [-0.2, 0) is 15.3 Å². The van der Waals surface area contributed by atoms with Crippen LogP contribution in [-0.4, -0.2) is 21.6 Å². The van der Waals surface area contributed by atoms with E-state index >= 15 is 0 Å². The standard InChI is InChI=1S/C8H10FNO5S.ClH/c9-16(11,12)15-8-3-1-7(2-4-8)13-5-6-14-10;/h1-4H,5-6,10H2;1H. The van der Waals surface area contributed by atoms with Gasteiger partial charge in [0.1, 0.15) is 24.7 Å². The molecule has 0 saturated heterocycles. The van der Waals surface area contributed by atoms with Crippen LogP contribution in [0.4, 0.5) is 3.89 Å². The smallest absolute Gasteiger partial charge is 0.488 e. The molecule has 0 bridgehead atoms. The highest BCUT2D eigenvalue weighted by molar-refractivity contribution is 7.81. The molecule has 0 spiro atoms. The van der Waals surface area contributed by atoms with Gasteiger partial charge in [-0.25, -0.2) is 5.90 Å². The van der Waals surface area contributed by atoms with Crippen molar-refractivity contribution >= 4 is 22.9 Å². The molecule has 0 atom stereocenters. The Morgan fingerprint density at radius 1 is 1.12 bits per heavy atom. The average Bonchev–Trinajstić information content (AvgIpc) is 2.19. The van der Waals surface area contributed by atoms with E-state index in [9.17, 15) is 12.3 Å². The Morgan fingerprint density at radius 2 is 1.65 bits per heavy atom. The molecule has 17 heavy (non-hydrogen) atoms. The second-order valence-electron chi connectivity index (χ2n) is 2.67. The van der Waals surface area contributed by atoms with Gasteiger partial charge in [0.15, 0.2) is 0 Å². The maximum atomic E-state index is 12.1. The first-order valence-electron chi connectivity index (χ1n) is 4.20. The van der Waals surface area contributed by atoms with Gasteiger partial charge in [-0.2, -0.15) is 8.42 Å². The minimum Gasteiger partial charge on any atom is -0.491 e. The molecule has 0 aliphatic rings. The number of ether oxygens (including phenoxy) is 1. The summed E-state index contributed by atoms with van der Waals surface area (Å²) in [6, 6.07) is 5.37. The average molecular weight is 288 g/mol. The van der Waals surface area contributed by atoms with Gasteiger partial charge in [0.2, 0.25) is 0 Å². The van der Waals surface area contributed by atoms with Crippen molar-refractivity contribution in [3.63, 3.8) is 0 Å². The lowest BCUT2D eigenvalue weighted by atomic mass is 10.3. The molecule has 0 aliphatic carbocycles. The topological polar surface area (TPSA) is 87.8 Å². The first-order chi connectivity index (χ1) is 7.51. The van der Waals surface area contributed by atoms with Gasteiger partial charge in [-0.1, -0.05) is 3.89 Å². The normalized spacial score (nSPS) is 10.5. The SMILES string of the molecule is Cl.NOCCOc1ccc(OS(=O)(=O)F)cc1. The van der Waals surface area contributed by atoms with E-state index in [1.54, 1.807) is 0 Å². The van der Waals surface area contributed by atoms with Crippen molar-refractivity contribution in [2.75, 3.05) is 13.2 Å². The fraction of sp³-hybridized carbons (Fsp3) is 0.250. The zero-order valence-electron chi connectivity index (χ0n) is 8.54. The number of nitrogens with two attached hydrogens (primary N) is 1. The van der Waals surface area contributed by atoms with E-state index in [4.69, 9.17) is 10.6 Å². The fourth-order valence-electron chi connectivity index (χ4n) is 0.914. The molecule has 9 heteroatoms. The van der Waals surface area contributed by atoms with Gasteiger partial charge in [-0.05, 0) is 24.3 Å². The van der Waals surface area contributed by atoms with Crippen LogP contribution in [0.3, 0.4) is 0 Å². The zero-order valence-corrected chi connectivity index (χ0v) is 10.2. The second-order valence-corrected chi connectivity index (χ2v) is 3.62. The number of benzene rings is 1. The molecule has 0 saturated carbocycles. The number of rotatable bonds is 6. The highest BCUT2D eigenvalue weighted by Gasteiger charge is 2.08. The highest BCUT2D eigenvalue weighted by Crippen LogP contribution is 2.19. The molecule has 98 valence electrons. The van der Waals surface area contributed by atoms with Gasteiger partial charge >= 0.3 is 10.5 Å². The predicted octanol–water partition coefficient (Wildman–Crippen LogP) is 0.971. The van der Waals surface area contributed by atoms with Crippen LogP contribution in [0, 0.1) is 0 Å². The van der Waals surface area contributed by atoms with Crippen LogP contribution in [0.15, 0.2) is 24.3 Å².